The fraction of sp³-hybridized carbons (Fsp3) is 0.875. The maximum absolute atomic E-state index is 11.1. The molecule has 4 atom stereocenters. The number of hydrogen-bond acceptors (Lipinski definition) is 7. The topological polar surface area (TPSA) is 157 Å². The number of carboxylic acids is 2. The van der Waals surface area contributed by atoms with Gasteiger partial charge in [0.2, 0.25) is 6.10 Å². The molecule has 0 aliphatic heterocycles. The van der Waals surface area contributed by atoms with Gasteiger partial charge >= 0.3 is 11.9 Å². The number of aliphatic carboxylic acids is 2. The third kappa shape index (κ3) is 10.4. The first-order valence-corrected chi connectivity index (χ1v) is 8.71. The Kier molecular flexibility index (Phi) is 13.3. The minimum Gasteiger partial charge on any atom is -0.479 e. The molecule has 0 aliphatic rings. The van der Waals surface area contributed by atoms with Crippen LogP contribution in [-0.4, -0.2) is 68.4 Å². The Hall–Kier alpha value is -1.26. The van der Waals surface area contributed by atoms with Crippen LogP contribution in [0.2, 0.25) is 0 Å². The molecular formula is C16H31NO8. The van der Waals surface area contributed by atoms with Gasteiger partial charge < -0.3 is 25.5 Å². The van der Waals surface area contributed by atoms with Crippen LogP contribution in [0.25, 0.3) is 0 Å². The van der Waals surface area contributed by atoms with E-state index in [-0.39, 0.29) is 0 Å². The van der Waals surface area contributed by atoms with Crippen LogP contribution in [0.4, 0.5) is 0 Å². The lowest BCUT2D eigenvalue weighted by Gasteiger charge is -2.25. The highest BCUT2D eigenvalue weighted by Crippen LogP contribution is 2.10. The Morgan fingerprint density at radius 2 is 1.36 bits per heavy atom. The molecule has 0 aromatic rings. The summed E-state index contributed by atoms with van der Waals surface area (Å²) in [5, 5.41) is 45.9. The summed E-state index contributed by atoms with van der Waals surface area (Å²) < 4.78 is 0. The monoisotopic (exact) mass is 365 g/mol. The van der Waals surface area contributed by atoms with Gasteiger partial charge in [0.25, 0.3) is 0 Å². The summed E-state index contributed by atoms with van der Waals surface area (Å²) in [6, 6.07) is 0. The van der Waals surface area contributed by atoms with Crippen LogP contribution in [0.15, 0.2) is 0 Å². The third-order valence-corrected chi connectivity index (χ3v) is 3.82. The fourth-order valence-electron chi connectivity index (χ4n) is 2.26. The first-order valence-electron chi connectivity index (χ1n) is 8.71. The van der Waals surface area contributed by atoms with Gasteiger partial charge in [0.1, 0.15) is 12.2 Å². The number of nitrogens with one attached hydrogen (secondary N) is 1. The molecule has 0 aromatic heterocycles. The van der Waals surface area contributed by atoms with E-state index in [1.165, 1.54) is 25.7 Å². The van der Waals surface area contributed by atoms with E-state index >= 15 is 0 Å². The summed E-state index contributed by atoms with van der Waals surface area (Å²) >= 11 is 0. The molecular weight excluding hydrogens is 334 g/mol. The minimum absolute atomic E-state index is 0.350. The molecule has 0 amide bonds. The van der Waals surface area contributed by atoms with Crippen LogP contribution in [-0.2, 0) is 14.4 Å². The summed E-state index contributed by atoms with van der Waals surface area (Å²) in [7, 11) is 0. The second-order valence-electron chi connectivity index (χ2n) is 6.01. The number of carboxylic acid groups (broad SMARTS) is 2. The number of carbonyl (C=O) groups is 2. The van der Waals surface area contributed by atoms with Gasteiger partial charge in [-0.15, -0.1) is 0 Å². The molecule has 0 saturated heterocycles. The van der Waals surface area contributed by atoms with Crippen LogP contribution in [0, 0.1) is 0 Å². The van der Waals surface area contributed by atoms with Gasteiger partial charge in [-0.3, -0.25) is 4.84 Å². The van der Waals surface area contributed by atoms with E-state index in [0.717, 1.165) is 25.7 Å². The highest BCUT2D eigenvalue weighted by molar-refractivity contribution is 5.75. The van der Waals surface area contributed by atoms with Crippen LogP contribution in [0.5, 0.6) is 0 Å². The molecule has 0 spiro atoms. The van der Waals surface area contributed by atoms with Crippen molar-refractivity contribution in [2.24, 2.45) is 0 Å². The van der Waals surface area contributed by atoms with E-state index in [4.69, 9.17) is 20.2 Å². The fourth-order valence-corrected chi connectivity index (χ4v) is 2.26. The lowest BCUT2D eigenvalue weighted by Crippen LogP contribution is -2.52. The van der Waals surface area contributed by atoms with Crippen LogP contribution in [0.3, 0.4) is 0 Å². The lowest BCUT2D eigenvalue weighted by molar-refractivity contribution is -0.186. The Morgan fingerprint density at radius 3 is 1.84 bits per heavy atom. The SMILES string of the molecule is CCCCCCCCCCNO[C@@H](C(=O)O)[C@@H](O)[C@H](O)[C@H](O)C(=O)O. The van der Waals surface area contributed by atoms with Gasteiger partial charge in [-0.2, -0.15) is 0 Å². The van der Waals surface area contributed by atoms with E-state index in [9.17, 15) is 19.8 Å². The van der Waals surface area contributed by atoms with Crippen molar-refractivity contribution in [3.8, 4) is 0 Å². The summed E-state index contributed by atoms with van der Waals surface area (Å²) in [6.45, 7) is 2.51. The number of aliphatic hydroxyl groups is 3. The Morgan fingerprint density at radius 1 is 0.840 bits per heavy atom. The molecule has 0 bridgehead atoms. The van der Waals surface area contributed by atoms with Crippen LogP contribution < -0.4 is 5.48 Å². The number of aliphatic hydroxyl groups excluding tert-OH is 3. The van der Waals surface area contributed by atoms with E-state index < -0.39 is 36.4 Å². The number of hydroxylamine groups is 1. The smallest absolute Gasteiger partial charge is 0.337 e. The molecule has 25 heavy (non-hydrogen) atoms. The van der Waals surface area contributed by atoms with Crippen molar-refractivity contribution >= 4 is 11.9 Å². The average Bonchev–Trinajstić information content (AvgIpc) is 2.57. The minimum atomic E-state index is -2.31. The maximum Gasteiger partial charge on any atom is 0.337 e. The average molecular weight is 365 g/mol. The molecule has 9 nitrogen and oxygen atoms in total. The Balaban J connectivity index is 4.01. The maximum atomic E-state index is 11.1. The summed E-state index contributed by atoms with van der Waals surface area (Å²) in [6.07, 6.45) is 0.294. The van der Waals surface area contributed by atoms with Crippen LogP contribution >= 0.6 is 0 Å². The van der Waals surface area contributed by atoms with Gasteiger partial charge in [0.05, 0.1) is 0 Å². The normalized spacial score (nSPS) is 16.2. The molecule has 6 N–H and O–H groups in total. The molecule has 0 radical (unpaired) electrons. The van der Waals surface area contributed by atoms with Crippen molar-refractivity contribution in [1.29, 1.82) is 0 Å². The van der Waals surface area contributed by atoms with Gasteiger partial charge in [0, 0.05) is 6.54 Å². The van der Waals surface area contributed by atoms with Gasteiger partial charge in [-0.25, -0.2) is 15.1 Å². The predicted octanol–water partition coefficient (Wildman–Crippen LogP) is 0.269. The number of rotatable bonds is 16. The van der Waals surface area contributed by atoms with Crippen molar-refractivity contribution in [2.45, 2.75) is 82.7 Å². The highest BCUT2D eigenvalue weighted by Gasteiger charge is 2.39. The van der Waals surface area contributed by atoms with Crippen LogP contribution in [0.1, 0.15) is 58.3 Å². The van der Waals surface area contributed by atoms with Gasteiger partial charge in [0.15, 0.2) is 6.10 Å². The molecule has 0 aliphatic carbocycles. The standard InChI is InChI=1S/C16H31NO8/c1-2-3-4-5-6-7-8-9-10-17-25-14(16(23)24)12(19)11(18)13(20)15(21)22/h11-14,17-20H,2-10H2,1H3,(H,21,22)(H,23,24)/t11-,12-,13-,14+/m0/s1. The first kappa shape index (κ1) is 23.7. The zero-order valence-electron chi connectivity index (χ0n) is 14.6. The molecule has 148 valence electrons. The first-order chi connectivity index (χ1) is 11.8. The summed E-state index contributed by atoms with van der Waals surface area (Å²) in [5.41, 5.74) is 2.40. The van der Waals surface area contributed by atoms with Crippen molar-refractivity contribution in [3.05, 3.63) is 0 Å². The zero-order chi connectivity index (χ0) is 19.2. The molecule has 9 heteroatoms. The third-order valence-electron chi connectivity index (χ3n) is 3.82. The summed E-state index contributed by atoms with van der Waals surface area (Å²) in [5.74, 6) is -3.37. The van der Waals surface area contributed by atoms with Gasteiger partial charge in [-0.1, -0.05) is 51.9 Å². The Labute approximate surface area is 147 Å². The number of unbranched alkanes of at least 4 members (excludes halogenated alkanes) is 7. The van der Waals surface area contributed by atoms with E-state index in [2.05, 4.69) is 12.4 Å². The van der Waals surface area contributed by atoms with Crippen molar-refractivity contribution in [1.82, 2.24) is 5.48 Å². The molecule has 0 saturated carbocycles. The highest BCUT2D eigenvalue weighted by atomic mass is 16.7. The zero-order valence-corrected chi connectivity index (χ0v) is 14.6. The lowest BCUT2D eigenvalue weighted by atomic mass is 10.0. The van der Waals surface area contributed by atoms with E-state index in [1.54, 1.807) is 0 Å². The van der Waals surface area contributed by atoms with Crippen molar-refractivity contribution in [3.63, 3.8) is 0 Å². The molecule has 0 fully saturated rings. The number of hydrogen-bond donors (Lipinski definition) is 6. The second kappa shape index (κ2) is 14.0. The van der Waals surface area contributed by atoms with E-state index in [0.29, 0.717) is 6.54 Å². The second-order valence-corrected chi connectivity index (χ2v) is 6.01. The Bertz CT molecular complexity index is 379. The molecule has 0 unspecified atom stereocenters. The predicted molar refractivity (Wildman–Crippen MR) is 88.8 cm³/mol. The quantitative estimate of drug-likeness (QED) is 0.167. The molecule has 0 aromatic carbocycles. The van der Waals surface area contributed by atoms with E-state index in [1.807, 2.05) is 0 Å². The largest absolute Gasteiger partial charge is 0.479 e. The summed E-state index contributed by atoms with van der Waals surface area (Å²) in [4.78, 5) is 26.4. The van der Waals surface area contributed by atoms with Crippen molar-refractivity contribution < 1.29 is 40.0 Å². The molecule has 0 heterocycles. The molecule has 0 rings (SSSR count). The van der Waals surface area contributed by atoms with Gasteiger partial charge in [-0.05, 0) is 6.42 Å². The van der Waals surface area contributed by atoms with Crippen molar-refractivity contribution in [2.75, 3.05) is 6.54 Å².